The molecule has 0 aromatic rings. The van der Waals surface area contributed by atoms with Gasteiger partial charge in [0.05, 0.1) is 6.61 Å². The molecular formula is C20H40O2. The van der Waals surface area contributed by atoms with Crippen LogP contribution in [0.25, 0.3) is 0 Å². The molecule has 0 bridgehead atoms. The summed E-state index contributed by atoms with van der Waals surface area (Å²) in [5.41, 5.74) is 0. The van der Waals surface area contributed by atoms with E-state index in [1.165, 1.54) is 77.0 Å². The second-order valence-electron chi connectivity index (χ2n) is 6.48. The van der Waals surface area contributed by atoms with Gasteiger partial charge < -0.3 is 4.74 Å². The van der Waals surface area contributed by atoms with Gasteiger partial charge in [-0.05, 0) is 13.3 Å². The van der Waals surface area contributed by atoms with Crippen LogP contribution in [0.15, 0.2) is 0 Å². The lowest BCUT2D eigenvalue weighted by Crippen LogP contribution is -2.03. The fourth-order valence-electron chi connectivity index (χ4n) is 2.80. The molecule has 0 aromatic carbocycles. The molecule has 0 fully saturated rings. The highest BCUT2D eigenvalue weighted by molar-refractivity contribution is 5.78. The van der Waals surface area contributed by atoms with Gasteiger partial charge in [0.2, 0.25) is 0 Å². The second kappa shape index (κ2) is 18.7. The van der Waals surface area contributed by atoms with Gasteiger partial charge in [-0.1, -0.05) is 84.0 Å². The van der Waals surface area contributed by atoms with Crippen LogP contribution in [0.2, 0.25) is 0 Å². The summed E-state index contributed by atoms with van der Waals surface area (Å²) in [6, 6.07) is 0. The molecule has 0 spiro atoms. The number of ether oxygens (including phenoxy) is 1. The molecule has 22 heavy (non-hydrogen) atoms. The number of unbranched alkanes of at least 4 members (excludes halogenated alkanes) is 12. The summed E-state index contributed by atoms with van der Waals surface area (Å²) in [5, 5.41) is 0. The van der Waals surface area contributed by atoms with Crippen LogP contribution in [-0.2, 0) is 9.53 Å². The maximum atomic E-state index is 11.5. The SMILES string of the molecule is CCCCCCCCCCCCCCCC(=O)CCOCC. The summed E-state index contributed by atoms with van der Waals surface area (Å²) in [5.74, 6) is 0.372. The van der Waals surface area contributed by atoms with E-state index >= 15 is 0 Å². The average molecular weight is 313 g/mol. The minimum atomic E-state index is 0.372. The van der Waals surface area contributed by atoms with Gasteiger partial charge in [-0.25, -0.2) is 0 Å². The minimum absolute atomic E-state index is 0.372. The zero-order valence-electron chi connectivity index (χ0n) is 15.3. The maximum absolute atomic E-state index is 11.5. The molecule has 132 valence electrons. The zero-order valence-corrected chi connectivity index (χ0v) is 15.3. The fraction of sp³-hybridized carbons (Fsp3) is 0.950. The highest BCUT2D eigenvalue weighted by Gasteiger charge is 2.01. The third kappa shape index (κ3) is 17.7. The molecule has 2 nitrogen and oxygen atoms in total. The lowest BCUT2D eigenvalue weighted by molar-refractivity contribution is -0.120. The largest absolute Gasteiger partial charge is 0.381 e. The van der Waals surface area contributed by atoms with Gasteiger partial charge in [0.1, 0.15) is 5.78 Å². The van der Waals surface area contributed by atoms with E-state index in [4.69, 9.17) is 4.74 Å². The summed E-state index contributed by atoms with van der Waals surface area (Å²) in [7, 11) is 0. The summed E-state index contributed by atoms with van der Waals surface area (Å²) < 4.78 is 5.20. The molecule has 0 aromatic heterocycles. The Kier molecular flexibility index (Phi) is 18.4. The van der Waals surface area contributed by atoms with Gasteiger partial charge in [0.25, 0.3) is 0 Å². The Hall–Kier alpha value is -0.370. The lowest BCUT2D eigenvalue weighted by Gasteiger charge is -2.03. The van der Waals surface area contributed by atoms with Crippen molar-refractivity contribution < 1.29 is 9.53 Å². The van der Waals surface area contributed by atoms with Crippen molar-refractivity contribution in [2.45, 2.75) is 110 Å². The van der Waals surface area contributed by atoms with E-state index in [2.05, 4.69) is 6.92 Å². The van der Waals surface area contributed by atoms with Gasteiger partial charge in [0.15, 0.2) is 0 Å². The van der Waals surface area contributed by atoms with Gasteiger partial charge >= 0.3 is 0 Å². The Balaban J connectivity index is 3.06. The molecule has 0 atom stereocenters. The minimum Gasteiger partial charge on any atom is -0.381 e. The molecule has 0 amide bonds. The smallest absolute Gasteiger partial charge is 0.135 e. The summed E-state index contributed by atoms with van der Waals surface area (Å²) >= 11 is 0. The number of carbonyl (C=O) groups is 1. The first-order chi connectivity index (χ1) is 10.8. The topological polar surface area (TPSA) is 26.3 Å². The quantitative estimate of drug-likeness (QED) is 0.271. The highest BCUT2D eigenvalue weighted by Crippen LogP contribution is 2.13. The van der Waals surface area contributed by atoms with E-state index in [1.54, 1.807) is 0 Å². The number of hydrogen-bond donors (Lipinski definition) is 0. The van der Waals surface area contributed by atoms with Crippen molar-refractivity contribution in [1.29, 1.82) is 0 Å². The lowest BCUT2D eigenvalue weighted by atomic mass is 10.0. The van der Waals surface area contributed by atoms with Crippen molar-refractivity contribution >= 4 is 5.78 Å². The van der Waals surface area contributed by atoms with Crippen molar-refractivity contribution in [3.8, 4) is 0 Å². The predicted octanol–water partition coefficient (Wildman–Crippen LogP) is 6.46. The zero-order chi connectivity index (χ0) is 16.3. The van der Waals surface area contributed by atoms with E-state index < -0.39 is 0 Å². The van der Waals surface area contributed by atoms with E-state index in [1.807, 2.05) is 6.92 Å². The van der Waals surface area contributed by atoms with Crippen molar-refractivity contribution in [3.05, 3.63) is 0 Å². The molecule has 2 heteroatoms. The first-order valence-corrected chi connectivity index (χ1v) is 9.90. The van der Waals surface area contributed by atoms with Gasteiger partial charge in [0, 0.05) is 19.4 Å². The van der Waals surface area contributed by atoms with Gasteiger partial charge in [-0.3, -0.25) is 4.79 Å². The molecule has 0 unspecified atom stereocenters. The molecule has 0 radical (unpaired) electrons. The second-order valence-corrected chi connectivity index (χ2v) is 6.48. The fourth-order valence-corrected chi connectivity index (χ4v) is 2.80. The Morgan fingerprint density at radius 2 is 1.09 bits per heavy atom. The first-order valence-electron chi connectivity index (χ1n) is 9.90. The number of ketones is 1. The van der Waals surface area contributed by atoms with Crippen LogP contribution in [-0.4, -0.2) is 19.0 Å². The van der Waals surface area contributed by atoms with Crippen LogP contribution in [0.4, 0.5) is 0 Å². The van der Waals surface area contributed by atoms with Crippen LogP contribution in [0.1, 0.15) is 110 Å². The summed E-state index contributed by atoms with van der Waals surface area (Å²) in [6.07, 6.45) is 19.0. The van der Waals surface area contributed by atoms with Gasteiger partial charge in [-0.2, -0.15) is 0 Å². The van der Waals surface area contributed by atoms with E-state index in [-0.39, 0.29) is 0 Å². The summed E-state index contributed by atoms with van der Waals surface area (Å²) in [6.45, 7) is 5.56. The van der Waals surface area contributed by atoms with Crippen molar-refractivity contribution in [2.75, 3.05) is 13.2 Å². The molecule has 0 N–H and O–H groups in total. The predicted molar refractivity (Wildman–Crippen MR) is 96.4 cm³/mol. The van der Waals surface area contributed by atoms with Crippen molar-refractivity contribution in [3.63, 3.8) is 0 Å². The molecule has 0 saturated carbocycles. The Morgan fingerprint density at radius 1 is 0.636 bits per heavy atom. The molecule has 0 aliphatic rings. The third-order valence-corrected chi connectivity index (χ3v) is 4.29. The van der Waals surface area contributed by atoms with E-state index in [0.717, 1.165) is 12.8 Å². The maximum Gasteiger partial charge on any atom is 0.135 e. The first kappa shape index (κ1) is 21.6. The van der Waals surface area contributed by atoms with Crippen LogP contribution in [0.3, 0.4) is 0 Å². The summed E-state index contributed by atoms with van der Waals surface area (Å²) in [4.78, 5) is 11.5. The number of hydrogen-bond acceptors (Lipinski definition) is 2. The normalized spacial score (nSPS) is 11.0. The monoisotopic (exact) mass is 312 g/mol. The van der Waals surface area contributed by atoms with Crippen LogP contribution in [0.5, 0.6) is 0 Å². The molecule has 0 heterocycles. The van der Waals surface area contributed by atoms with E-state index in [9.17, 15) is 4.79 Å². The van der Waals surface area contributed by atoms with Crippen molar-refractivity contribution in [2.24, 2.45) is 0 Å². The Bertz CT molecular complexity index is 226. The Morgan fingerprint density at radius 3 is 1.55 bits per heavy atom. The standard InChI is InChI=1S/C20H40O2/c1-3-5-6-7-8-9-10-11-12-13-14-15-16-17-20(21)18-19-22-4-2/h3-19H2,1-2H3. The van der Waals surface area contributed by atoms with E-state index in [0.29, 0.717) is 25.4 Å². The molecule has 0 aliphatic heterocycles. The van der Waals surface area contributed by atoms with Crippen LogP contribution < -0.4 is 0 Å². The highest BCUT2D eigenvalue weighted by atomic mass is 16.5. The molecule has 0 rings (SSSR count). The third-order valence-electron chi connectivity index (χ3n) is 4.29. The Labute approximate surface area is 139 Å². The molecular weight excluding hydrogens is 272 g/mol. The van der Waals surface area contributed by atoms with Crippen molar-refractivity contribution in [1.82, 2.24) is 0 Å². The number of Topliss-reactive ketones (excluding diaryl/α,β-unsaturated/α-hetero) is 1. The molecule has 0 saturated heterocycles. The molecule has 0 aliphatic carbocycles. The van der Waals surface area contributed by atoms with Gasteiger partial charge in [-0.15, -0.1) is 0 Å². The average Bonchev–Trinajstić information content (AvgIpc) is 2.52. The van der Waals surface area contributed by atoms with Crippen LogP contribution in [0, 0.1) is 0 Å². The number of rotatable bonds is 18. The van der Waals surface area contributed by atoms with Crippen LogP contribution >= 0.6 is 0 Å². The number of carbonyl (C=O) groups excluding carboxylic acids is 1.